The molecule has 1 aromatic rings. The molecule has 2 rings (SSSR count). The van der Waals surface area contributed by atoms with E-state index in [9.17, 15) is 23.3 Å². The number of anilines is 1. The molecule has 1 saturated heterocycles. The molecule has 0 bridgehead atoms. The van der Waals surface area contributed by atoms with Crippen molar-refractivity contribution in [2.24, 2.45) is 0 Å². The van der Waals surface area contributed by atoms with Gasteiger partial charge in [-0.05, 0) is 12.1 Å². The number of nitro benzene ring substituents is 1. The van der Waals surface area contributed by atoms with Crippen molar-refractivity contribution in [3.63, 3.8) is 0 Å². The van der Waals surface area contributed by atoms with E-state index >= 15 is 0 Å². The van der Waals surface area contributed by atoms with Crippen LogP contribution < -0.4 is 10.6 Å². The van der Waals surface area contributed by atoms with Crippen molar-refractivity contribution in [3.05, 3.63) is 28.3 Å². The molecule has 0 spiro atoms. The van der Waals surface area contributed by atoms with E-state index in [1.807, 2.05) is 0 Å². The average Bonchev–Trinajstić information content (AvgIpc) is 2.46. The van der Waals surface area contributed by atoms with E-state index in [2.05, 4.69) is 10.6 Å². The quantitative estimate of drug-likeness (QED) is 0.584. The molecule has 114 valence electrons. The molecule has 1 aliphatic rings. The molecule has 1 heterocycles. The number of rotatable bonds is 4. The van der Waals surface area contributed by atoms with Gasteiger partial charge in [-0.1, -0.05) is 0 Å². The fourth-order valence-electron chi connectivity index (χ4n) is 1.99. The number of sulfonamides is 1. The highest BCUT2D eigenvalue weighted by Crippen LogP contribution is 2.29. The minimum Gasteiger partial charge on any atom is -0.388 e. The smallest absolute Gasteiger partial charge is 0.289 e. The summed E-state index contributed by atoms with van der Waals surface area (Å²) in [5.74, 6) is -0.433. The molecule has 2 N–H and O–H groups in total. The van der Waals surface area contributed by atoms with Crippen LogP contribution in [0.3, 0.4) is 0 Å². The van der Waals surface area contributed by atoms with Crippen LogP contribution in [0.1, 0.15) is 0 Å². The third-order valence-electron chi connectivity index (χ3n) is 3.07. The van der Waals surface area contributed by atoms with Gasteiger partial charge in [-0.3, -0.25) is 14.9 Å². The molecule has 10 heteroatoms. The van der Waals surface area contributed by atoms with Gasteiger partial charge in [0.05, 0.1) is 11.5 Å². The van der Waals surface area contributed by atoms with Gasteiger partial charge in [0, 0.05) is 31.9 Å². The topological polar surface area (TPSA) is 122 Å². The molecule has 21 heavy (non-hydrogen) atoms. The first-order valence-electron chi connectivity index (χ1n) is 6.09. The molecule has 1 aromatic carbocycles. The summed E-state index contributed by atoms with van der Waals surface area (Å²) in [7, 11) is -2.54. The minimum absolute atomic E-state index is 0.0784. The third-order valence-corrected chi connectivity index (χ3v) is 4.94. The van der Waals surface area contributed by atoms with Gasteiger partial charge in [0.15, 0.2) is 4.90 Å². The highest BCUT2D eigenvalue weighted by molar-refractivity contribution is 7.89. The van der Waals surface area contributed by atoms with E-state index in [0.29, 0.717) is 5.69 Å². The van der Waals surface area contributed by atoms with Crippen LogP contribution in [0.2, 0.25) is 0 Å². The maximum Gasteiger partial charge on any atom is 0.289 e. The molecule has 0 aliphatic carbocycles. The second-order valence-electron chi connectivity index (χ2n) is 4.38. The first-order chi connectivity index (χ1) is 9.86. The number of benzene rings is 1. The molecule has 0 unspecified atom stereocenters. The van der Waals surface area contributed by atoms with Gasteiger partial charge in [0.1, 0.15) is 0 Å². The summed E-state index contributed by atoms with van der Waals surface area (Å²) in [6.45, 7) is -0.0874. The summed E-state index contributed by atoms with van der Waals surface area (Å²) in [4.78, 5) is 21.2. The second-order valence-corrected chi connectivity index (χ2v) is 6.28. The predicted molar refractivity (Wildman–Crippen MR) is 74.4 cm³/mol. The molecular formula is C11H14N4O5S. The lowest BCUT2D eigenvalue weighted by Gasteiger charge is -2.25. The standard InChI is InChI=1S/C11H14N4O5S/c1-12-8-2-3-9(15(17)18)10(6-8)21(19,20)14-5-4-13-11(16)7-14/h2-3,6,12H,4-5,7H2,1H3,(H,13,16). The first kappa shape index (κ1) is 15.2. The number of nitrogens with zero attached hydrogens (tertiary/aromatic N) is 2. The average molecular weight is 314 g/mol. The SMILES string of the molecule is CNc1ccc([N+](=O)[O-])c(S(=O)(=O)N2CCNC(=O)C2)c1. The van der Waals surface area contributed by atoms with Crippen molar-refractivity contribution < 1.29 is 18.1 Å². The van der Waals surface area contributed by atoms with Crippen LogP contribution in [-0.4, -0.2) is 50.2 Å². The Kier molecular flexibility index (Phi) is 4.09. The minimum atomic E-state index is -4.11. The van der Waals surface area contributed by atoms with Crippen molar-refractivity contribution in [2.75, 3.05) is 32.0 Å². The zero-order valence-electron chi connectivity index (χ0n) is 11.2. The molecule has 0 radical (unpaired) electrons. The van der Waals surface area contributed by atoms with Gasteiger partial charge < -0.3 is 10.6 Å². The Morgan fingerprint density at radius 3 is 2.71 bits per heavy atom. The Bertz CT molecular complexity index is 688. The fraction of sp³-hybridized carbons (Fsp3) is 0.364. The Labute approximate surface area is 121 Å². The Balaban J connectivity index is 2.52. The molecule has 1 fully saturated rings. The maximum absolute atomic E-state index is 12.5. The van der Waals surface area contributed by atoms with Gasteiger partial charge in [-0.2, -0.15) is 4.31 Å². The number of nitrogens with one attached hydrogen (secondary N) is 2. The Hall–Kier alpha value is -2.20. The lowest BCUT2D eigenvalue weighted by atomic mass is 10.3. The van der Waals surface area contributed by atoms with E-state index in [1.165, 1.54) is 12.1 Å². The van der Waals surface area contributed by atoms with Crippen LogP contribution in [0.25, 0.3) is 0 Å². The van der Waals surface area contributed by atoms with Gasteiger partial charge in [-0.25, -0.2) is 8.42 Å². The van der Waals surface area contributed by atoms with Crippen molar-refractivity contribution >= 4 is 27.3 Å². The molecule has 0 saturated carbocycles. The second kappa shape index (κ2) is 5.66. The Morgan fingerprint density at radius 1 is 1.43 bits per heavy atom. The summed E-state index contributed by atoms with van der Waals surface area (Å²) in [5, 5.41) is 16.3. The Morgan fingerprint density at radius 2 is 2.14 bits per heavy atom. The first-order valence-corrected chi connectivity index (χ1v) is 7.53. The van der Waals surface area contributed by atoms with Gasteiger partial charge in [0.25, 0.3) is 15.7 Å². The third kappa shape index (κ3) is 2.95. The number of nitro groups is 1. The molecule has 9 nitrogen and oxygen atoms in total. The number of carbonyl (C=O) groups is 1. The van der Waals surface area contributed by atoms with E-state index in [1.54, 1.807) is 7.05 Å². The van der Waals surface area contributed by atoms with Gasteiger partial charge in [0.2, 0.25) is 5.91 Å². The molecule has 0 atom stereocenters. The zero-order chi connectivity index (χ0) is 15.6. The van der Waals surface area contributed by atoms with Crippen molar-refractivity contribution in [1.29, 1.82) is 0 Å². The largest absolute Gasteiger partial charge is 0.388 e. The maximum atomic E-state index is 12.5. The van der Waals surface area contributed by atoms with Crippen LogP contribution in [-0.2, 0) is 14.8 Å². The van der Waals surface area contributed by atoms with Crippen LogP contribution in [0.4, 0.5) is 11.4 Å². The van der Waals surface area contributed by atoms with Gasteiger partial charge in [-0.15, -0.1) is 0 Å². The van der Waals surface area contributed by atoms with Gasteiger partial charge >= 0.3 is 0 Å². The number of piperazine rings is 1. The summed E-state index contributed by atoms with van der Waals surface area (Å²) >= 11 is 0. The highest BCUT2D eigenvalue weighted by Gasteiger charge is 2.34. The lowest BCUT2D eigenvalue weighted by molar-refractivity contribution is -0.387. The number of carbonyl (C=O) groups excluding carboxylic acids is 1. The number of amides is 1. The molecular weight excluding hydrogens is 300 g/mol. The van der Waals surface area contributed by atoms with E-state index in [0.717, 1.165) is 10.4 Å². The van der Waals surface area contributed by atoms with Crippen molar-refractivity contribution in [2.45, 2.75) is 4.90 Å². The summed E-state index contributed by atoms with van der Waals surface area (Å²) in [5.41, 5.74) is -0.0828. The summed E-state index contributed by atoms with van der Waals surface area (Å²) < 4.78 is 26.0. The van der Waals surface area contributed by atoms with E-state index in [4.69, 9.17) is 0 Å². The lowest BCUT2D eigenvalue weighted by Crippen LogP contribution is -2.49. The van der Waals surface area contributed by atoms with Crippen LogP contribution in [0.15, 0.2) is 23.1 Å². The van der Waals surface area contributed by atoms with Crippen molar-refractivity contribution in [1.82, 2.24) is 9.62 Å². The van der Waals surface area contributed by atoms with Crippen LogP contribution >= 0.6 is 0 Å². The molecule has 1 amide bonds. The summed E-state index contributed by atoms with van der Waals surface area (Å²) in [6.07, 6.45) is 0. The predicted octanol–water partition coefficient (Wildman–Crippen LogP) is -0.243. The highest BCUT2D eigenvalue weighted by atomic mass is 32.2. The normalized spacial score (nSPS) is 16.3. The van der Waals surface area contributed by atoms with E-state index in [-0.39, 0.29) is 19.6 Å². The fourth-order valence-corrected chi connectivity index (χ4v) is 3.57. The van der Waals surface area contributed by atoms with Crippen LogP contribution in [0.5, 0.6) is 0 Å². The van der Waals surface area contributed by atoms with Crippen LogP contribution in [0, 0.1) is 10.1 Å². The van der Waals surface area contributed by atoms with Crippen molar-refractivity contribution in [3.8, 4) is 0 Å². The molecule has 0 aromatic heterocycles. The monoisotopic (exact) mass is 314 g/mol. The van der Waals surface area contributed by atoms with E-state index < -0.39 is 31.4 Å². The summed E-state index contributed by atoms with van der Waals surface area (Å²) in [6, 6.07) is 3.74. The molecule has 1 aliphatic heterocycles. The number of hydrogen-bond donors (Lipinski definition) is 2. The number of hydrogen-bond acceptors (Lipinski definition) is 6. The zero-order valence-corrected chi connectivity index (χ0v) is 12.0.